The van der Waals surface area contributed by atoms with Crippen molar-refractivity contribution in [2.24, 2.45) is 5.73 Å². The van der Waals surface area contributed by atoms with Crippen LogP contribution in [-0.2, 0) is 9.53 Å². The van der Waals surface area contributed by atoms with Crippen LogP contribution in [0.5, 0.6) is 0 Å². The summed E-state index contributed by atoms with van der Waals surface area (Å²) in [6.07, 6.45) is 0. The number of esters is 1. The molecule has 0 aliphatic heterocycles. The highest BCUT2D eigenvalue weighted by atomic mass is 16.5. The number of aliphatic hydroxyl groups excluding tert-OH is 1. The fraction of sp³-hybridized carbons (Fsp3) is 0.333. The predicted molar refractivity (Wildman–Crippen MR) is 39.3 cm³/mol. The van der Waals surface area contributed by atoms with Crippen LogP contribution in [0.1, 0.15) is 6.92 Å². The molecule has 0 saturated carbocycles. The Bertz CT molecular complexity index is 220. The SMILES string of the molecule is COC(=O)/C(N)=C(\O)C(C)=N. The van der Waals surface area contributed by atoms with Crippen molar-refractivity contribution in [1.29, 1.82) is 5.41 Å². The molecule has 0 rings (SSSR count). The first-order valence-electron chi connectivity index (χ1n) is 2.83. The van der Waals surface area contributed by atoms with Gasteiger partial charge < -0.3 is 21.0 Å². The average molecular weight is 158 g/mol. The molecule has 0 aliphatic rings. The summed E-state index contributed by atoms with van der Waals surface area (Å²) in [5.74, 6) is -1.38. The van der Waals surface area contributed by atoms with E-state index >= 15 is 0 Å². The Morgan fingerprint density at radius 2 is 2.09 bits per heavy atom. The van der Waals surface area contributed by atoms with E-state index in [1.807, 2.05) is 0 Å². The number of hydrogen-bond acceptors (Lipinski definition) is 5. The molecular weight excluding hydrogens is 148 g/mol. The second kappa shape index (κ2) is 3.60. The number of nitrogens with one attached hydrogen (secondary N) is 1. The molecule has 5 nitrogen and oxygen atoms in total. The van der Waals surface area contributed by atoms with Gasteiger partial charge in [0.1, 0.15) is 0 Å². The van der Waals surface area contributed by atoms with Crippen LogP contribution in [-0.4, -0.2) is 23.9 Å². The van der Waals surface area contributed by atoms with Gasteiger partial charge in [-0.2, -0.15) is 0 Å². The summed E-state index contributed by atoms with van der Waals surface area (Å²) in [5, 5.41) is 15.8. The van der Waals surface area contributed by atoms with Gasteiger partial charge in [-0.1, -0.05) is 0 Å². The highest BCUT2D eigenvalue weighted by molar-refractivity contribution is 6.01. The molecule has 0 aromatic rings. The molecule has 4 N–H and O–H groups in total. The lowest BCUT2D eigenvalue weighted by Gasteiger charge is -2.01. The van der Waals surface area contributed by atoms with Crippen molar-refractivity contribution in [3.8, 4) is 0 Å². The maximum atomic E-state index is 10.6. The molecule has 0 bridgehead atoms. The second-order valence-corrected chi connectivity index (χ2v) is 1.88. The van der Waals surface area contributed by atoms with E-state index in [2.05, 4.69) is 4.74 Å². The van der Waals surface area contributed by atoms with Gasteiger partial charge in [0.25, 0.3) is 0 Å². The molecular formula is C6H10N2O3. The molecule has 0 spiro atoms. The van der Waals surface area contributed by atoms with E-state index in [9.17, 15) is 4.79 Å². The highest BCUT2D eigenvalue weighted by Gasteiger charge is 2.12. The summed E-state index contributed by atoms with van der Waals surface area (Å²) < 4.78 is 4.20. The molecule has 62 valence electrons. The normalized spacial score (nSPS) is 11.8. The van der Waals surface area contributed by atoms with Crippen molar-refractivity contribution in [3.63, 3.8) is 0 Å². The van der Waals surface area contributed by atoms with Crippen molar-refractivity contribution >= 4 is 11.7 Å². The minimum Gasteiger partial charge on any atom is -0.504 e. The van der Waals surface area contributed by atoms with Gasteiger partial charge in [-0.25, -0.2) is 4.79 Å². The number of ether oxygens (including phenoxy) is 1. The lowest BCUT2D eigenvalue weighted by molar-refractivity contribution is -0.136. The van der Waals surface area contributed by atoms with E-state index in [4.69, 9.17) is 16.2 Å². The Balaban J connectivity index is 4.66. The molecule has 0 aromatic carbocycles. The maximum Gasteiger partial charge on any atom is 0.357 e. The Labute approximate surface area is 64.0 Å². The number of aliphatic hydroxyl groups is 1. The van der Waals surface area contributed by atoms with Crippen LogP contribution in [0, 0.1) is 5.41 Å². The predicted octanol–water partition coefficient (Wildman–Crippen LogP) is -0.0726. The van der Waals surface area contributed by atoms with Crippen LogP contribution in [0.2, 0.25) is 0 Å². The second-order valence-electron chi connectivity index (χ2n) is 1.88. The third kappa shape index (κ3) is 2.29. The van der Waals surface area contributed by atoms with Crippen LogP contribution in [0.4, 0.5) is 0 Å². The van der Waals surface area contributed by atoms with Gasteiger partial charge in [0, 0.05) is 0 Å². The van der Waals surface area contributed by atoms with E-state index in [0.717, 1.165) is 7.11 Å². The molecule has 0 aromatic heterocycles. The smallest absolute Gasteiger partial charge is 0.357 e. The molecule has 5 heteroatoms. The Morgan fingerprint density at radius 1 is 1.64 bits per heavy atom. The molecule has 0 aliphatic carbocycles. The molecule has 0 heterocycles. The van der Waals surface area contributed by atoms with Gasteiger partial charge >= 0.3 is 5.97 Å². The Hall–Kier alpha value is -1.52. The van der Waals surface area contributed by atoms with Crippen molar-refractivity contribution in [2.75, 3.05) is 7.11 Å². The molecule has 0 amide bonds. The number of methoxy groups -OCH3 is 1. The number of carbonyl (C=O) groups is 1. The van der Waals surface area contributed by atoms with Crippen LogP contribution in [0.15, 0.2) is 11.5 Å². The summed E-state index contributed by atoms with van der Waals surface area (Å²) in [5.41, 5.74) is 4.47. The summed E-state index contributed by atoms with van der Waals surface area (Å²) in [6, 6.07) is 0. The quantitative estimate of drug-likeness (QED) is 0.227. The van der Waals surface area contributed by atoms with Gasteiger partial charge in [0.05, 0.1) is 12.8 Å². The summed E-state index contributed by atoms with van der Waals surface area (Å²) in [6.45, 7) is 1.31. The average Bonchev–Trinajstić information content (AvgIpc) is 2.00. The van der Waals surface area contributed by atoms with Crippen LogP contribution < -0.4 is 5.73 Å². The van der Waals surface area contributed by atoms with Crippen LogP contribution in [0.3, 0.4) is 0 Å². The standard InChI is InChI=1S/C6H10N2O3/c1-3(7)5(9)4(8)6(10)11-2/h7,9H,8H2,1-2H3/b5-4+,7-3?. The number of carbonyl (C=O) groups excluding carboxylic acids is 1. The zero-order valence-corrected chi connectivity index (χ0v) is 6.34. The molecule has 0 saturated heterocycles. The van der Waals surface area contributed by atoms with Gasteiger partial charge in [-0.15, -0.1) is 0 Å². The number of allylic oxidation sites excluding steroid dienone is 1. The first kappa shape index (κ1) is 9.48. The minimum absolute atomic E-state index is 0.173. The zero-order chi connectivity index (χ0) is 9.02. The lowest BCUT2D eigenvalue weighted by Crippen LogP contribution is -2.18. The largest absolute Gasteiger partial charge is 0.504 e. The fourth-order valence-corrected chi connectivity index (χ4v) is 0.409. The van der Waals surface area contributed by atoms with Gasteiger partial charge in [0.15, 0.2) is 11.5 Å². The van der Waals surface area contributed by atoms with E-state index in [0.29, 0.717) is 0 Å². The molecule has 0 radical (unpaired) electrons. The first-order chi connectivity index (χ1) is 5.00. The summed E-state index contributed by atoms with van der Waals surface area (Å²) >= 11 is 0. The molecule has 0 fully saturated rings. The monoisotopic (exact) mass is 158 g/mol. The third-order valence-corrected chi connectivity index (χ3v) is 1.02. The zero-order valence-electron chi connectivity index (χ0n) is 6.34. The van der Waals surface area contributed by atoms with Crippen molar-refractivity contribution in [1.82, 2.24) is 0 Å². The van der Waals surface area contributed by atoms with Gasteiger partial charge in [-0.05, 0) is 6.92 Å². The van der Waals surface area contributed by atoms with E-state index in [-0.39, 0.29) is 5.71 Å². The third-order valence-electron chi connectivity index (χ3n) is 1.02. The molecule has 0 atom stereocenters. The molecule has 11 heavy (non-hydrogen) atoms. The van der Waals surface area contributed by atoms with Crippen LogP contribution >= 0.6 is 0 Å². The lowest BCUT2D eigenvalue weighted by atomic mass is 10.3. The van der Waals surface area contributed by atoms with E-state index < -0.39 is 17.4 Å². The number of rotatable bonds is 2. The van der Waals surface area contributed by atoms with Crippen LogP contribution in [0.25, 0.3) is 0 Å². The summed E-state index contributed by atoms with van der Waals surface area (Å²) in [4.78, 5) is 10.6. The van der Waals surface area contributed by atoms with E-state index in [1.165, 1.54) is 6.92 Å². The van der Waals surface area contributed by atoms with Crippen molar-refractivity contribution in [3.05, 3.63) is 11.5 Å². The van der Waals surface area contributed by atoms with Gasteiger partial charge in [0.2, 0.25) is 0 Å². The first-order valence-corrected chi connectivity index (χ1v) is 2.83. The summed E-state index contributed by atoms with van der Waals surface area (Å²) in [7, 11) is 1.14. The topological polar surface area (TPSA) is 96.4 Å². The maximum absolute atomic E-state index is 10.6. The fourth-order valence-electron chi connectivity index (χ4n) is 0.409. The Morgan fingerprint density at radius 3 is 2.36 bits per heavy atom. The Kier molecular flexibility index (Phi) is 3.10. The minimum atomic E-state index is -0.839. The van der Waals surface area contributed by atoms with Gasteiger partial charge in [-0.3, -0.25) is 0 Å². The van der Waals surface area contributed by atoms with E-state index in [1.54, 1.807) is 0 Å². The van der Waals surface area contributed by atoms with Crippen molar-refractivity contribution in [2.45, 2.75) is 6.92 Å². The highest BCUT2D eigenvalue weighted by Crippen LogP contribution is 1.97. The number of nitrogens with two attached hydrogens (primary N) is 1. The number of hydrogen-bond donors (Lipinski definition) is 3. The molecule has 0 unspecified atom stereocenters. The van der Waals surface area contributed by atoms with Crippen molar-refractivity contribution < 1.29 is 14.6 Å².